The molecule has 1 aromatic rings. The lowest BCUT2D eigenvalue weighted by molar-refractivity contribution is 0.517. The fourth-order valence-electron chi connectivity index (χ4n) is 1.98. The number of hydrogen-bond donors (Lipinski definition) is 1. The van der Waals surface area contributed by atoms with Gasteiger partial charge >= 0.3 is 0 Å². The van der Waals surface area contributed by atoms with Crippen LogP contribution in [-0.4, -0.2) is 23.6 Å². The molecule has 0 saturated carbocycles. The van der Waals surface area contributed by atoms with E-state index in [9.17, 15) is 0 Å². The number of hydrogen-bond acceptors (Lipinski definition) is 3. The Morgan fingerprint density at radius 2 is 2.15 bits per heavy atom. The minimum atomic E-state index is -0.0488. The fourth-order valence-corrected chi connectivity index (χ4v) is 2.27. The predicted octanol–water partition coefficient (Wildman–Crippen LogP) is 4.03. The second kappa shape index (κ2) is 7.65. The van der Waals surface area contributed by atoms with Crippen molar-refractivity contribution in [3.63, 3.8) is 0 Å². The van der Waals surface area contributed by atoms with Gasteiger partial charge in [0.2, 0.25) is 0 Å². The average Bonchev–Trinajstić information content (AvgIpc) is 2.36. The predicted molar refractivity (Wildman–Crippen MR) is 88.5 cm³/mol. The summed E-state index contributed by atoms with van der Waals surface area (Å²) in [5.41, 5.74) is 1.06. The van der Waals surface area contributed by atoms with E-state index in [1.165, 1.54) is 0 Å². The van der Waals surface area contributed by atoms with E-state index in [1.54, 1.807) is 0 Å². The van der Waals surface area contributed by atoms with Gasteiger partial charge in [0.15, 0.2) is 0 Å². The van der Waals surface area contributed by atoms with Gasteiger partial charge in [-0.25, -0.2) is 4.98 Å². The van der Waals surface area contributed by atoms with Gasteiger partial charge in [0, 0.05) is 24.8 Å². The van der Waals surface area contributed by atoms with Crippen LogP contribution in [0.15, 0.2) is 24.9 Å². The van der Waals surface area contributed by atoms with Gasteiger partial charge in [0.05, 0.1) is 5.02 Å². The number of rotatable bonds is 7. The molecule has 0 aliphatic carbocycles. The van der Waals surface area contributed by atoms with Gasteiger partial charge in [0.25, 0.3) is 0 Å². The molecule has 3 nitrogen and oxygen atoms in total. The van der Waals surface area contributed by atoms with E-state index in [2.05, 4.69) is 49.5 Å². The smallest absolute Gasteiger partial charge is 0.148 e. The lowest BCUT2D eigenvalue weighted by atomic mass is 10.1. The maximum absolute atomic E-state index is 6.41. The molecule has 1 heterocycles. The first-order valence-corrected chi connectivity index (χ1v) is 7.51. The SMILES string of the molecule is C=CCN(c1ncc(CNCCC)cc1Cl)C(C)(C)C. The highest BCUT2D eigenvalue weighted by atomic mass is 35.5. The first kappa shape index (κ1) is 17.0. The maximum Gasteiger partial charge on any atom is 0.148 e. The molecular formula is C16H26ClN3. The van der Waals surface area contributed by atoms with Gasteiger partial charge in [-0.3, -0.25) is 0 Å². The number of nitrogens with one attached hydrogen (secondary N) is 1. The molecule has 0 fully saturated rings. The Labute approximate surface area is 128 Å². The van der Waals surface area contributed by atoms with Crippen molar-refractivity contribution in [2.24, 2.45) is 0 Å². The van der Waals surface area contributed by atoms with Crippen LogP contribution in [0.1, 0.15) is 39.7 Å². The summed E-state index contributed by atoms with van der Waals surface area (Å²) in [6.07, 6.45) is 4.89. The van der Waals surface area contributed by atoms with Crippen LogP contribution in [0, 0.1) is 0 Å². The molecule has 0 aliphatic heterocycles. The third kappa shape index (κ3) is 4.80. The van der Waals surface area contributed by atoms with E-state index in [-0.39, 0.29) is 5.54 Å². The summed E-state index contributed by atoms with van der Waals surface area (Å²) in [7, 11) is 0. The summed E-state index contributed by atoms with van der Waals surface area (Å²) in [5.74, 6) is 0.818. The van der Waals surface area contributed by atoms with Crippen LogP contribution in [0.4, 0.5) is 5.82 Å². The minimum Gasteiger partial charge on any atom is -0.347 e. The summed E-state index contributed by atoms with van der Waals surface area (Å²) >= 11 is 6.41. The van der Waals surface area contributed by atoms with Gasteiger partial charge in [-0.2, -0.15) is 0 Å². The quantitative estimate of drug-likeness (QED) is 0.608. The van der Waals surface area contributed by atoms with Crippen LogP contribution in [0.25, 0.3) is 0 Å². The highest BCUT2D eigenvalue weighted by Crippen LogP contribution is 2.29. The Kier molecular flexibility index (Phi) is 6.50. The van der Waals surface area contributed by atoms with Gasteiger partial charge in [-0.1, -0.05) is 24.6 Å². The number of halogens is 1. The Balaban J connectivity index is 2.92. The average molecular weight is 296 g/mol. The number of aromatic nitrogens is 1. The summed E-state index contributed by atoms with van der Waals surface area (Å²) in [5, 5.41) is 4.05. The second-order valence-electron chi connectivity index (χ2n) is 5.90. The van der Waals surface area contributed by atoms with Gasteiger partial charge in [-0.05, 0) is 45.4 Å². The molecule has 1 rings (SSSR count). The van der Waals surface area contributed by atoms with Gasteiger partial charge in [0.1, 0.15) is 5.82 Å². The van der Waals surface area contributed by atoms with E-state index in [1.807, 2.05) is 18.3 Å². The summed E-state index contributed by atoms with van der Waals surface area (Å²) in [6.45, 7) is 14.9. The molecule has 112 valence electrons. The molecule has 0 saturated heterocycles. The van der Waals surface area contributed by atoms with Crippen molar-refractivity contribution in [3.8, 4) is 0 Å². The van der Waals surface area contributed by atoms with Crippen LogP contribution in [0.3, 0.4) is 0 Å². The molecule has 0 bridgehead atoms. The molecule has 0 unspecified atom stereocenters. The first-order chi connectivity index (χ1) is 9.40. The normalized spacial score (nSPS) is 11.4. The lowest BCUT2D eigenvalue weighted by Gasteiger charge is -2.36. The van der Waals surface area contributed by atoms with Crippen LogP contribution in [0.2, 0.25) is 5.02 Å². The molecule has 0 amide bonds. The van der Waals surface area contributed by atoms with E-state index < -0.39 is 0 Å². The highest BCUT2D eigenvalue weighted by molar-refractivity contribution is 6.33. The Hall–Kier alpha value is -1.06. The first-order valence-electron chi connectivity index (χ1n) is 7.13. The second-order valence-corrected chi connectivity index (χ2v) is 6.30. The Morgan fingerprint density at radius 3 is 2.65 bits per heavy atom. The van der Waals surface area contributed by atoms with Crippen molar-refractivity contribution >= 4 is 17.4 Å². The van der Waals surface area contributed by atoms with Crippen molar-refractivity contribution in [2.75, 3.05) is 18.0 Å². The standard InChI is InChI=1S/C16H26ClN3/c1-6-8-18-11-13-10-14(17)15(19-12-13)20(9-7-2)16(3,4)5/h7,10,12,18H,2,6,8-9,11H2,1,3-5H3. The molecule has 4 heteroatoms. The van der Waals surface area contributed by atoms with E-state index in [0.717, 1.165) is 37.4 Å². The summed E-state index contributed by atoms with van der Waals surface area (Å²) < 4.78 is 0. The van der Waals surface area contributed by atoms with Crippen molar-refractivity contribution in [3.05, 3.63) is 35.5 Å². The largest absolute Gasteiger partial charge is 0.347 e. The van der Waals surface area contributed by atoms with Crippen LogP contribution in [-0.2, 0) is 6.54 Å². The minimum absolute atomic E-state index is 0.0488. The number of anilines is 1. The maximum atomic E-state index is 6.41. The van der Waals surface area contributed by atoms with E-state index in [0.29, 0.717) is 5.02 Å². The van der Waals surface area contributed by atoms with Crippen molar-refractivity contribution in [2.45, 2.75) is 46.2 Å². The molecule has 1 N–H and O–H groups in total. The fraction of sp³-hybridized carbons (Fsp3) is 0.562. The molecular weight excluding hydrogens is 270 g/mol. The third-order valence-electron chi connectivity index (χ3n) is 3.01. The Morgan fingerprint density at radius 1 is 1.45 bits per heavy atom. The highest BCUT2D eigenvalue weighted by Gasteiger charge is 2.23. The number of pyridine rings is 1. The third-order valence-corrected chi connectivity index (χ3v) is 3.29. The number of nitrogens with zero attached hydrogens (tertiary/aromatic N) is 2. The van der Waals surface area contributed by atoms with Crippen molar-refractivity contribution in [1.82, 2.24) is 10.3 Å². The monoisotopic (exact) mass is 295 g/mol. The van der Waals surface area contributed by atoms with Crippen LogP contribution < -0.4 is 10.2 Å². The zero-order valence-electron chi connectivity index (χ0n) is 13.0. The van der Waals surface area contributed by atoms with E-state index >= 15 is 0 Å². The van der Waals surface area contributed by atoms with E-state index in [4.69, 9.17) is 11.6 Å². The van der Waals surface area contributed by atoms with Crippen molar-refractivity contribution in [1.29, 1.82) is 0 Å². The lowest BCUT2D eigenvalue weighted by Crippen LogP contribution is -2.42. The molecule has 0 atom stereocenters. The summed E-state index contributed by atoms with van der Waals surface area (Å²) in [4.78, 5) is 6.71. The zero-order chi connectivity index (χ0) is 15.2. The topological polar surface area (TPSA) is 28.2 Å². The Bertz CT molecular complexity index is 438. The molecule has 0 aliphatic rings. The van der Waals surface area contributed by atoms with Gasteiger partial charge < -0.3 is 10.2 Å². The zero-order valence-corrected chi connectivity index (χ0v) is 13.8. The van der Waals surface area contributed by atoms with Crippen LogP contribution >= 0.6 is 11.6 Å². The van der Waals surface area contributed by atoms with Crippen molar-refractivity contribution < 1.29 is 0 Å². The molecule has 20 heavy (non-hydrogen) atoms. The molecule has 0 aromatic carbocycles. The van der Waals surface area contributed by atoms with Gasteiger partial charge in [-0.15, -0.1) is 6.58 Å². The molecule has 0 radical (unpaired) electrons. The summed E-state index contributed by atoms with van der Waals surface area (Å²) in [6, 6.07) is 1.99. The molecule has 1 aromatic heterocycles. The molecule has 0 spiro atoms. The van der Waals surface area contributed by atoms with Crippen LogP contribution in [0.5, 0.6) is 0 Å².